The van der Waals surface area contributed by atoms with E-state index in [0.717, 1.165) is 34.1 Å². The molecular weight excluding hydrogens is 905 g/mol. The number of hydrogen-bond donors (Lipinski definition) is 0. The molecule has 15 rings (SSSR count). The number of rotatable bonds is 8. The number of benzene rings is 13. The Bertz CT molecular complexity index is 4270. The molecule has 0 heterocycles. The van der Waals surface area contributed by atoms with Crippen molar-refractivity contribution < 1.29 is 0 Å². The molecule has 0 saturated carbocycles. The van der Waals surface area contributed by atoms with Gasteiger partial charge in [0.05, 0.1) is 11.1 Å². The molecule has 2 heteroatoms. The van der Waals surface area contributed by atoms with Gasteiger partial charge in [0.2, 0.25) is 0 Å². The highest BCUT2D eigenvalue weighted by Gasteiger charge is 2.54. The average molecular weight is 953 g/mol. The Balaban J connectivity index is 1.03. The van der Waals surface area contributed by atoms with Crippen molar-refractivity contribution in [2.45, 2.75) is 5.41 Å². The summed E-state index contributed by atoms with van der Waals surface area (Å²) in [5, 5.41) is 7.41. The second kappa shape index (κ2) is 17.2. The van der Waals surface area contributed by atoms with Crippen LogP contribution < -0.4 is 9.80 Å². The maximum Gasteiger partial charge on any atom is 0.0732 e. The third-order valence-corrected chi connectivity index (χ3v) is 16.0. The van der Waals surface area contributed by atoms with Crippen LogP contribution in [-0.2, 0) is 5.41 Å². The fourth-order valence-electron chi connectivity index (χ4n) is 12.9. The Kier molecular flexibility index (Phi) is 9.83. The Morgan fingerprint density at radius 3 is 1.19 bits per heavy atom. The second-order valence-electron chi connectivity index (χ2n) is 19.9. The zero-order valence-electron chi connectivity index (χ0n) is 41.1. The fraction of sp³-hybridized carbons (Fsp3) is 0.0137. The Morgan fingerprint density at radius 1 is 0.227 bits per heavy atom. The van der Waals surface area contributed by atoms with Crippen LogP contribution in [0.5, 0.6) is 0 Å². The SMILES string of the molecule is c1ccc(-c2ccc(N(c3ccccc3)c3ccc4c5c(c6ccccc6c4c3)-c3c(cc(N(c4ccccc4)c4ccc(-c6ccccc6)cc4)c4ccccc34)C53c4ccccc4-c4ccccc43)cc2)cc1. The van der Waals surface area contributed by atoms with E-state index in [4.69, 9.17) is 0 Å². The van der Waals surface area contributed by atoms with E-state index in [1.165, 1.54) is 99.1 Å². The van der Waals surface area contributed by atoms with Gasteiger partial charge < -0.3 is 9.80 Å². The van der Waals surface area contributed by atoms with Gasteiger partial charge in [-0.3, -0.25) is 0 Å². The third-order valence-electron chi connectivity index (χ3n) is 16.0. The van der Waals surface area contributed by atoms with Gasteiger partial charge in [-0.05, 0) is 160 Å². The van der Waals surface area contributed by atoms with Gasteiger partial charge >= 0.3 is 0 Å². The predicted molar refractivity (Wildman–Crippen MR) is 315 cm³/mol. The lowest BCUT2D eigenvalue weighted by Crippen LogP contribution is -2.26. The van der Waals surface area contributed by atoms with E-state index in [1.807, 2.05) is 0 Å². The summed E-state index contributed by atoms with van der Waals surface area (Å²) >= 11 is 0. The maximum atomic E-state index is 2.57. The van der Waals surface area contributed by atoms with E-state index >= 15 is 0 Å². The molecule has 13 aromatic carbocycles. The molecule has 13 aromatic rings. The van der Waals surface area contributed by atoms with Gasteiger partial charge in [0, 0.05) is 33.8 Å². The Morgan fingerprint density at radius 2 is 0.627 bits per heavy atom. The minimum atomic E-state index is -0.660. The number of nitrogens with zero attached hydrogens (tertiary/aromatic N) is 2. The van der Waals surface area contributed by atoms with Crippen molar-refractivity contribution in [3.05, 3.63) is 313 Å². The lowest BCUT2D eigenvalue weighted by atomic mass is 9.69. The highest BCUT2D eigenvalue weighted by atomic mass is 15.1. The molecule has 2 nitrogen and oxygen atoms in total. The molecule has 0 saturated heterocycles. The summed E-state index contributed by atoms with van der Waals surface area (Å²) in [6, 6.07) is 108. The summed E-state index contributed by atoms with van der Waals surface area (Å²) in [7, 11) is 0. The van der Waals surface area contributed by atoms with Crippen molar-refractivity contribution in [2.75, 3.05) is 9.80 Å². The number of para-hydroxylation sites is 2. The largest absolute Gasteiger partial charge is 0.310 e. The molecule has 2 aliphatic carbocycles. The van der Waals surface area contributed by atoms with E-state index in [0.29, 0.717) is 0 Å². The van der Waals surface area contributed by atoms with Gasteiger partial charge in [0.25, 0.3) is 0 Å². The number of fused-ring (bicyclic) bond motifs is 17. The molecule has 0 bridgehead atoms. The minimum absolute atomic E-state index is 0.660. The van der Waals surface area contributed by atoms with Gasteiger partial charge in [0.15, 0.2) is 0 Å². The molecule has 0 N–H and O–H groups in total. The molecule has 0 aliphatic heterocycles. The highest BCUT2D eigenvalue weighted by Crippen LogP contribution is 2.67. The molecule has 0 amide bonds. The van der Waals surface area contributed by atoms with E-state index in [-0.39, 0.29) is 0 Å². The zero-order valence-corrected chi connectivity index (χ0v) is 41.1. The van der Waals surface area contributed by atoms with Gasteiger partial charge in [0.1, 0.15) is 0 Å². The second-order valence-corrected chi connectivity index (χ2v) is 19.9. The summed E-state index contributed by atoms with van der Waals surface area (Å²) in [6.45, 7) is 0. The van der Waals surface area contributed by atoms with Crippen LogP contribution in [0.2, 0.25) is 0 Å². The van der Waals surface area contributed by atoms with Crippen LogP contribution in [0.15, 0.2) is 291 Å². The molecule has 0 unspecified atom stereocenters. The lowest BCUT2D eigenvalue weighted by Gasteiger charge is -2.34. The number of anilines is 6. The molecular formula is C73H48N2. The first-order chi connectivity index (χ1) is 37.2. The van der Waals surface area contributed by atoms with Gasteiger partial charge in [-0.1, -0.05) is 224 Å². The van der Waals surface area contributed by atoms with Crippen molar-refractivity contribution in [1.82, 2.24) is 0 Å². The Hall–Kier alpha value is -9.76. The summed E-state index contributed by atoms with van der Waals surface area (Å²) in [6.07, 6.45) is 0. The first kappa shape index (κ1) is 42.9. The van der Waals surface area contributed by atoms with E-state index in [9.17, 15) is 0 Å². The van der Waals surface area contributed by atoms with Crippen LogP contribution in [0.4, 0.5) is 34.1 Å². The van der Waals surface area contributed by atoms with Crippen molar-refractivity contribution >= 4 is 66.4 Å². The van der Waals surface area contributed by atoms with Crippen LogP contribution in [0, 0.1) is 0 Å². The topological polar surface area (TPSA) is 6.48 Å². The van der Waals surface area contributed by atoms with Crippen molar-refractivity contribution in [3.63, 3.8) is 0 Å². The van der Waals surface area contributed by atoms with Crippen LogP contribution in [-0.4, -0.2) is 0 Å². The van der Waals surface area contributed by atoms with E-state index in [2.05, 4.69) is 301 Å². The molecule has 350 valence electrons. The van der Waals surface area contributed by atoms with Crippen LogP contribution in [0.3, 0.4) is 0 Å². The summed E-state index contributed by atoms with van der Waals surface area (Å²) in [4.78, 5) is 4.89. The molecule has 1 spiro atoms. The Labute approximate surface area is 437 Å². The van der Waals surface area contributed by atoms with Crippen LogP contribution in [0.25, 0.3) is 76.8 Å². The average Bonchev–Trinajstić information content (AvgIpc) is 4.15. The minimum Gasteiger partial charge on any atom is -0.310 e. The normalized spacial score (nSPS) is 12.6. The first-order valence-corrected chi connectivity index (χ1v) is 26.0. The van der Waals surface area contributed by atoms with Crippen LogP contribution in [0.1, 0.15) is 22.3 Å². The standard InChI is InChI=1S/C73H48N2/c1-5-21-49(22-6-1)51-37-41-55(42-38-51)74(53-25-9-3-10-26-53)57-45-46-64-65(47-57)58-29-13-15-33-62(58)71-70-63-34-16-14-32-61(63)69(48-68(70)73(72(64)71)66-35-19-17-30-59(66)60-31-18-20-36-67(60)73)75(54-27-11-4-12-28-54)56-43-39-52(40-44-56)50-23-7-2-8-24-50/h1-48H. The molecule has 2 aliphatic rings. The van der Waals surface area contributed by atoms with Gasteiger partial charge in [-0.15, -0.1) is 0 Å². The fourth-order valence-corrected chi connectivity index (χ4v) is 12.9. The van der Waals surface area contributed by atoms with Gasteiger partial charge in [-0.25, -0.2) is 0 Å². The monoisotopic (exact) mass is 952 g/mol. The first-order valence-electron chi connectivity index (χ1n) is 26.0. The van der Waals surface area contributed by atoms with E-state index in [1.54, 1.807) is 0 Å². The summed E-state index contributed by atoms with van der Waals surface area (Å²) < 4.78 is 0. The maximum absolute atomic E-state index is 2.57. The number of hydrogen-bond acceptors (Lipinski definition) is 2. The predicted octanol–water partition coefficient (Wildman–Crippen LogP) is 19.8. The van der Waals surface area contributed by atoms with Crippen molar-refractivity contribution in [1.29, 1.82) is 0 Å². The van der Waals surface area contributed by atoms with Crippen LogP contribution >= 0.6 is 0 Å². The van der Waals surface area contributed by atoms with Crippen molar-refractivity contribution in [3.8, 4) is 44.5 Å². The quantitative estimate of drug-likeness (QED) is 0.140. The summed E-state index contributed by atoms with van der Waals surface area (Å²) in [5.41, 5.74) is 21.2. The smallest absolute Gasteiger partial charge is 0.0732 e. The zero-order chi connectivity index (χ0) is 49.5. The summed E-state index contributed by atoms with van der Waals surface area (Å²) in [5.74, 6) is 0. The third kappa shape index (κ3) is 6.53. The van der Waals surface area contributed by atoms with Gasteiger partial charge in [-0.2, -0.15) is 0 Å². The highest BCUT2D eigenvalue weighted by molar-refractivity contribution is 6.24. The lowest BCUT2D eigenvalue weighted by molar-refractivity contribution is 0.802. The molecule has 0 radical (unpaired) electrons. The molecule has 0 fully saturated rings. The van der Waals surface area contributed by atoms with E-state index < -0.39 is 5.41 Å². The molecule has 0 atom stereocenters. The molecule has 75 heavy (non-hydrogen) atoms. The van der Waals surface area contributed by atoms with Crippen molar-refractivity contribution in [2.24, 2.45) is 0 Å². The molecule has 0 aromatic heterocycles.